The average molecular weight is 230 g/mol. The molecule has 2 heteroatoms. The van der Waals surface area contributed by atoms with E-state index >= 15 is 0 Å². The maximum atomic E-state index is 13.2. The zero-order valence-corrected chi connectivity index (χ0v) is 9.57. The Bertz CT molecular complexity index is 480. The quantitative estimate of drug-likeness (QED) is 0.855. The second-order valence-electron chi connectivity index (χ2n) is 4.07. The number of hydrogen-bond donors (Lipinski definition) is 1. The van der Waals surface area contributed by atoms with E-state index in [9.17, 15) is 4.39 Å². The van der Waals surface area contributed by atoms with Crippen molar-refractivity contribution in [2.75, 3.05) is 0 Å². The minimum absolute atomic E-state index is 0.245. The van der Waals surface area contributed by atoms with Crippen LogP contribution in [-0.2, 0) is 19.4 Å². The summed E-state index contributed by atoms with van der Waals surface area (Å²) in [4.78, 5) is 0. The van der Waals surface area contributed by atoms with Gasteiger partial charge in [0.15, 0.2) is 0 Å². The van der Waals surface area contributed by atoms with E-state index in [0.717, 1.165) is 18.4 Å². The molecule has 0 aliphatic carbocycles. The van der Waals surface area contributed by atoms with Crippen LogP contribution in [0, 0.1) is 5.82 Å². The summed E-state index contributed by atoms with van der Waals surface area (Å²) in [6.07, 6.45) is 1.79. The van der Waals surface area contributed by atoms with Crippen LogP contribution in [0.5, 0.6) is 0 Å². The number of aliphatic hydroxyl groups excluding tert-OH is 1. The summed E-state index contributed by atoms with van der Waals surface area (Å²) >= 11 is 0. The van der Waals surface area contributed by atoms with E-state index < -0.39 is 0 Å². The van der Waals surface area contributed by atoms with Gasteiger partial charge in [-0.2, -0.15) is 0 Å². The van der Waals surface area contributed by atoms with E-state index in [2.05, 4.69) is 12.1 Å². The molecule has 2 aromatic rings. The van der Waals surface area contributed by atoms with Crippen molar-refractivity contribution in [2.24, 2.45) is 0 Å². The molecule has 0 aromatic heterocycles. The molecule has 0 saturated carbocycles. The van der Waals surface area contributed by atoms with Crippen LogP contribution in [-0.4, -0.2) is 5.11 Å². The molecule has 0 atom stereocenters. The van der Waals surface area contributed by atoms with Gasteiger partial charge in [-0.3, -0.25) is 0 Å². The van der Waals surface area contributed by atoms with Crippen LogP contribution in [0.15, 0.2) is 48.5 Å². The summed E-state index contributed by atoms with van der Waals surface area (Å²) in [6.45, 7) is -0.245. The Labute approximate surface area is 101 Å². The molecule has 17 heavy (non-hydrogen) atoms. The van der Waals surface area contributed by atoms with Gasteiger partial charge in [0.05, 0.1) is 6.61 Å². The molecule has 2 aromatic carbocycles. The fraction of sp³-hybridized carbons (Fsp3) is 0.200. The number of rotatable bonds is 4. The molecule has 0 bridgehead atoms. The number of aliphatic hydroxyl groups is 1. The maximum Gasteiger partial charge on any atom is 0.128 e. The van der Waals surface area contributed by atoms with Crippen molar-refractivity contribution in [1.29, 1.82) is 0 Å². The van der Waals surface area contributed by atoms with Gasteiger partial charge in [-0.1, -0.05) is 42.5 Å². The van der Waals surface area contributed by atoms with Gasteiger partial charge in [0, 0.05) is 5.56 Å². The SMILES string of the molecule is OCc1cc(CCc2ccccc2)ccc1F. The lowest BCUT2D eigenvalue weighted by atomic mass is 10.0. The fourth-order valence-electron chi connectivity index (χ4n) is 1.84. The summed E-state index contributed by atoms with van der Waals surface area (Å²) in [5, 5.41) is 8.99. The number of hydrogen-bond acceptors (Lipinski definition) is 1. The first-order valence-corrected chi connectivity index (χ1v) is 5.71. The van der Waals surface area contributed by atoms with E-state index in [1.165, 1.54) is 11.6 Å². The minimum Gasteiger partial charge on any atom is -0.392 e. The van der Waals surface area contributed by atoms with Crippen molar-refractivity contribution < 1.29 is 9.50 Å². The molecule has 0 aliphatic heterocycles. The molecule has 0 amide bonds. The van der Waals surface area contributed by atoms with Crippen LogP contribution in [0.2, 0.25) is 0 Å². The number of benzene rings is 2. The molecule has 88 valence electrons. The third kappa shape index (κ3) is 3.14. The zero-order chi connectivity index (χ0) is 12.1. The molecule has 0 unspecified atom stereocenters. The van der Waals surface area contributed by atoms with E-state index in [0.29, 0.717) is 5.56 Å². The predicted molar refractivity (Wildman–Crippen MR) is 66.2 cm³/mol. The van der Waals surface area contributed by atoms with Crippen LogP contribution in [0.3, 0.4) is 0 Å². The second-order valence-corrected chi connectivity index (χ2v) is 4.07. The lowest BCUT2D eigenvalue weighted by Crippen LogP contribution is -1.95. The Hall–Kier alpha value is -1.67. The van der Waals surface area contributed by atoms with Crippen molar-refractivity contribution in [3.63, 3.8) is 0 Å². The van der Waals surface area contributed by atoms with Gasteiger partial charge in [-0.05, 0) is 30.0 Å². The van der Waals surface area contributed by atoms with Crippen molar-refractivity contribution in [3.05, 3.63) is 71.0 Å². The monoisotopic (exact) mass is 230 g/mol. The topological polar surface area (TPSA) is 20.2 Å². The summed E-state index contributed by atoms with van der Waals surface area (Å²) in [7, 11) is 0. The molecule has 0 fully saturated rings. The molecule has 0 aliphatic rings. The molecular weight excluding hydrogens is 215 g/mol. The summed E-state index contributed by atoms with van der Waals surface area (Å²) < 4.78 is 13.2. The highest BCUT2D eigenvalue weighted by molar-refractivity contribution is 5.26. The Morgan fingerprint density at radius 3 is 2.29 bits per heavy atom. The predicted octanol–water partition coefficient (Wildman–Crippen LogP) is 3.10. The normalized spacial score (nSPS) is 10.5. The molecule has 1 N–H and O–H groups in total. The van der Waals surface area contributed by atoms with Gasteiger partial charge in [0.2, 0.25) is 0 Å². The van der Waals surface area contributed by atoms with Gasteiger partial charge in [-0.15, -0.1) is 0 Å². The number of aryl methyl sites for hydroxylation is 2. The van der Waals surface area contributed by atoms with Crippen molar-refractivity contribution in [2.45, 2.75) is 19.4 Å². The van der Waals surface area contributed by atoms with Crippen LogP contribution < -0.4 is 0 Å². The lowest BCUT2D eigenvalue weighted by Gasteiger charge is -2.05. The Morgan fingerprint density at radius 2 is 1.59 bits per heavy atom. The third-order valence-electron chi connectivity index (χ3n) is 2.83. The first-order chi connectivity index (χ1) is 8.29. The first kappa shape index (κ1) is 11.8. The molecule has 2 rings (SSSR count). The van der Waals surface area contributed by atoms with Crippen LogP contribution in [0.1, 0.15) is 16.7 Å². The Morgan fingerprint density at radius 1 is 0.882 bits per heavy atom. The van der Waals surface area contributed by atoms with Gasteiger partial charge in [-0.25, -0.2) is 4.39 Å². The van der Waals surface area contributed by atoms with Gasteiger partial charge in [0.1, 0.15) is 5.82 Å². The smallest absolute Gasteiger partial charge is 0.128 e. The second kappa shape index (κ2) is 5.60. The summed E-state index contributed by atoms with van der Waals surface area (Å²) in [5.41, 5.74) is 2.69. The van der Waals surface area contributed by atoms with Crippen LogP contribution >= 0.6 is 0 Å². The van der Waals surface area contributed by atoms with E-state index in [4.69, 9.17) is 5.11 Å². The van der Waals surface area contributed by atoms with E-state index in [-0.39, 0.29) is 12.4 Å². The highest BCUT2D eigenvalue weighted by Gasteiger charge is 2.02. The Kier molecular flexibility index (Phi) is 3.89. The molecule has 1 nitrogen and oxygen atoms in total. The van der Waals surface area contributed by atoms with Crippen molar-refractivity contribution in [1.82, 2.24) is 0 Å². The highest BCUT2D eigenvalue weighted by atomic mass is 19.1. The third-order valence-corrected chi connectivity index (χ3v) is 2.83. The van der Waals surface area contributed by atoms with Gasteiger partial charge >= 0.3 is 0 Å². The standard InChI is InChI=1S/C15H15FO/c16-15-9-8-13(10-14(15)11-17)7-6-12-4-2-1-3-5-12/h1-5,8-10,17H,6-7,11H2. The maximum absolute atomic E-state index is 13.2. The van der Waals surface area contributed by atoms with Crippen LogP contribution in [0.4, 0.5) is 4.39 Å². The summed E-state index contributed by atoms with van der Waals surface area (Å²) in [6, 6.07) is 15.1. The van der Waals surface area contributed by atoms with Gasteiger partial charge in [0.25, 0.3) is 0 Å². The molecule has 0 radical (unpaired) electrons. The summed E-state index contributed by atoms with van der Waals surface area (Å²) in [5.74, 6) is -0.337. The fourth-order valence-corrected chi connectivity index (χ4v) is 1.84. The zero-order valence-electron chi connectivity index (χ0n) is 9.57. The largest absolute Gasteiger partial charge is 0.392 e. The Balaban J connectivity index is 2.04. The first-order valence-electron chi connectivity index (χ1n) is 5.71. The minimum atomic E-state index is -0.337. The van der Waals surface area contributed by atoms with Gasteiger partial charge < -0.3 is 5.11 Å². The van der Waals surface area contributed by atoms with E-state index in [1.807, 2.05) is 18.2 Å². The lowest BCUT2D eigenvalue weighted by molar-refractivity contribution is 0.275. The van der Waals surface area contributed by atoms with Crippen molar-refractivity contribution >= 4 is 0 Å². The molecule has 0 spiro atoms. The molecule has 0 heterocycles. The van der Waals surface area contributed by atoms with Crippen LogP contribution in [0.25, 0.3) is 0 Å². The average Bonchev–Trinajstić information content (AvgIpc) is 2.39. The molecule has 0 saturated heterocycles. The molecular formula is C15H15FO. The number of halogens is 1. The highest BCUT2D eigenvalue weighted by Crippen LogP contribution is 2.13. The van der Waals surface area contributed by atoms with Crippen molar-refractivity contribution in [3.8, 4) is 0 Å². The van der Waals surface area contributed by atoms with E-state index in [1.54, 1.807) is 12.1 Å².